The standard InChI is InChI=1S/C23H22N2/c1-16-10-11-21-18(12-16)13-19-15-25(20-8-3-2-4-9-20)23(14-22(19)24-21)17-6-5-7-17/h2-4,8-14,17H,5-7,15H2,1H3. The second-order valence-electron chi connectivity index (χ2n) is 7.35. The average molecular weight is 326 g/mol. The van der Waals surface area contributed by atoms with Gasteiger partial charge in [-0.2, -0.15) is 0 Å². The zero-order valence-corrected chi connectivity index (χ0v) is 14.6. The van der Waals surface area contributed by atoms with Gasteiger partial charge < -0.3 is 4.90 Å². The lowest BCUT2D eigenvalue weighted by molar-refractivity contribution is 0.360. The van der Waals surface area contributed by atoms with E-state index < -0.39 is 0 Å². The molecule has 124 valence electrons. The third kappa shape index (κ3) is 2.53. The topological polar surface area (TPSA) is 16.1 Å². The molecular formula is C23H22N2. The highest BCUT2D eigenvalue weighted by Gasteiger charge is 2.30. The van der Waals surface area contributed by atoms with E-state index in [1.807, 2.05) is 0 Å². The van der Waals surface area contributed by atoms with Crippen molar-refractivity contribution in [2.45, 2.75) is 32.7 Å². The number of aromatic nitrogens is 1. The van der Waals surface area contributed by atoms with Crippen LogP contribution in [0.5, 0.6) is 0 Å². The first-order valence-corrected chi connectivity index (χ1v) is 9.22. The fourth-order valence-electron chi connectivity index (χ4n) is 3.98. The SMILES string of the molecule is Cc1ccc2nc3c(cc2c1)CN(c1ccccc1)C(C1CCC1)=C3. The Balaban J connectivity index is 1.65. The number of hydrogen-bond acceptors (Lipinski definition) is 2. The summed E-state index contributed by atoms with van der Waals surface area (Å²) in [5.41, 5.74) is 7.60. The van der Waals surface area contributed by atoms with Gasteiger partial charge in [0.25, 0.3) is 0 Å². The van der Waals surface area contributed by atoms with Gasteiger partial charge in [-0.05, 0) is 67.7 Å². The summed E-state index contributed by atoms with van der Waals surface area (Å²) in [5.74, 6) is 0.684. The molecule has 1 fully saturated rings. The summed E-state index contributed by atoms with van der Waals surface area (Å²) >= 11 is 0. The maximum atomic E-state index is 4.97. The Morgan fingerprint density at radius 3 is 2.60 bits per heavy atom. The van der Waals surface area contributed by atoms with Gasteiger partial charge in [-0.15, -0.1) is 0 Å². The lowest BCUT2D eigenvalue weighted by Gasteiger charge is -2.39. The fraction of sp³-hybridized carbons (Fsp3) is 0.261. The molecule has 5 rings (SSSR count). The minimum atomic E-state index is 0.684. The molecular weight excluding hydrogens is 304 g/mol. The Labute approximate surface area is 148 Å². The van der Waals surface area contributed by atoms with Crippen molar-refractivity contribution in [1.29, 1.82) is 0 Å². The summed E-state index contributed by atoms with van der Waals surface area (Å²) in [7, 11) is 0. The van der Waals surface area contributed by atoms with Crippen LogP contribution < -0.4 is 4.90 Å². The van der Waals surface area contributed by atoms with E-state index >= 15 is 0 Å². The highest BCUT2D eigenvalue weighted by atomic mass is 15.2. The Kier molecular flexibility index (Phi) is 3.37. The van der Waals surface area contributed by atoms with Gasteiger partial charge in [-0.3, -0.25) is 0 Å². The zero-order valence-electron chi connectivity index (χ0n) is 14.6. The molecule has 1 saturated carbocycles. The Morgan fingerprint density at radius 1 is 1.00 bits per heavy atom. The maximum Gasteiger partial charge on any atom is 0.0709 e. The van der Waals surface area contributed by atoms with E-state index in [1.165, 1.54) is 47.2 Å². The molecule has 2 heteroatoms. The first-order chi connectivity index (χ1) is 12.3. The molecule has 2 nitrogen and oxygen atoms in total. The van der Waals surface area contributed by atoms with Gasteiger partial charge >= 0.3 is 0 Å². The molecule has 1 aliphatic carbocycles. The van der Waals surface area contributed by atoms with Gasteiger partial charge in [-0.25, -0.2) is 4.98 Å². The molecule has 0 radical (unpaired) electrons. The third-order valence-electron chi connectivity index (χ3n) is 5.60. The van der Waals surface area contributed by atoms with Crippen molar-refractivity contribution < 1.29 is 0 Å². The number of nitrogens with zero attached hydrogens (tertiary/aromatic N) is 2. The Hall–Kier alpha value is -2.61. The van der Waals surface area contributed by atoms with Crippen LogP contribution in [0.15, 0.2) is 60.3 Å². The van der Waals surface area contributed by atoms with Crippen LogP contribution in [0.25, 0.3) is 17.0 Å². The molecule has 0 spiro atoms. The monoisotopic (exact) mass is 326 g/mol. The van der Waals surface area contributed by atoms with Crippen molar-refractivity contribution in [3.8, 4) is 0 Å². The van der Waals surface area contributed by atoms with Crippen molar-refractivity contribution in [1.82, 2.24) is 4.98 Å². The lowest BCUT2D eigenvalue weighted by Crippen LogP contribution is -2.32. The van der Waals surface area contributed by atoms with Crippen molar-refractivity contribution in [2.75, 3.05) is 4.90 Å². The third-order valence-corrected chi connectivity index (χ3v) is 5.60. The summed E-state index contributed by atoms with van der Waals surface area (Å²) in [5, 5.41) is 1.24. The second kappa shape index (κ2) is 5.73. The average Bonchev–Trinajstić information content (AvgIpc) is 2.59. The Morgan fingerprint density at radius 2 is 1.84 bits per heavy atom. The molecule has 0 saturated heterocycles. The number of para-hydroxylation sites is 1. The first kappa shape index (κ1) is 14.7. The highest BCUT2D eigenvalue weighted by molar-refractivity contribution is 5.83. The number of anilines is 1. The fourth-order valence-corrected chi connectivity index (χ4v) is 3.98. The molecule has 2 heterocycles. The molecule has 0 atom stereocenters. The van der Waals surface area contributed by atoms with Crippen LogP contribution >= 0.6 is 0 Å². The number of benzene rings is 2. The van der Waals surface area contributed by atoms with Gasteiger partial charge in [0.1, 0.15) is 0 Å². The van der Waals surface area contributed by atoms with Crippen LogP contribution in [-0.2, 0) is 6.54 Å². The molecule has 0 N–H and O–H groups in total. The summed E-state index contributed by atoms with van der Waals surface area (Å²) < 4.78 is 0. The maximum absolute atomic E-state index is 4.97. The van der Waals surface area contributed by atoms with E-state index in [2.05, 4.69) is 72.5 Å². The van der Waals surface area contributed by atoms with Crippen molar-refractivity contribution in [3.63, 3.8) is 0 Å². The predicted octanol–water partition coefficient (Wildman–Crippen LogP) is 5.70. The van der Waals surface area contributed by atoms with Gasteiger partial charge in [0.15, 0.2) is 0 Å². The molecule has 2 aliphatic rings. The molecule has 0 amide bonds. The van der Waals surface area contributed by atoms with Crippen LogP contribution in [-0.4, -0.2) is 4.98 Å². The summed E-state index contributed by atoms with van der Waals surface area (Å²) in [6, 6.07) is 19.6. The second-order valence-corrected chi connectivity index (χ2v) is 7.35. The molecule has 0 bridgehead atoms. The number of allylic oxidation sites excluding steroid dienone is 1. The summed E-state index contributed by atoms with van der Waals surface area (Å²) in [6.07, 6.45) is 6.30. The number of rotatable bonds is 2. The molecule has 1 aliphatic heterocycles. The molecule has 0 unspecified atom stereocenters. The van der Waals surface area contributed by atoms with Crippen LogP contribution in [0.3, 0.4) is 0 Å². The van der Waals surface area contributed by atoms with E-state index in [4.69, 9.17) is 4.98 Å². The lowest BCUT2D eigenvalue weighted by atomic mass is 9.80. The van der Waals surface area contributed by atoms with Crippen LogP contribution in [0.2, 0.25) is 0 Å². The minimum absolute atomic E-state index is 0.684. The number of hydrogen-bond donors (Lipinski definition) is 0. The highest BCUT2D eigenvalue weighted by Crippen LogP contribution is 2.41. The van der Waals surface area contributed by atoms with Gasteiger partial charge in [0, 0.05) is 23.3 Å². The molecule has 3 aromatic rings. The van der Waals surface area contributed by atoms with Crippen molar-refractivity contribution in [3.05, 3.63) is 77.1 Å². The van der Waals surface area contributed by atoms with Crippen LogP contribution in [0.1, 0.15) is 36.1 Å². The van der Waals surface area contributed by atoms with Gasteiger partial charge in [0.2, 0.25) is 0 Å². The first-order valence-electron chi connectivity index (χ1n) is 9.22. The molecule has 1 aromatic heterocycles. The Bertz CT molecular complexity index is 968. The van der Waals surface area contributed by atoms with E-state index in [9.17, 15) is 0 Å². The summed E-state index contributed by atoms with van der Waals surface area (Å²) in [6.45, 7) is 3.06. The van der Waals surface area contributed by atoms with E-state index in [-0.39, 0.29) is 0 Å². The predicted molar refractivity (Wildman–Crippen MR) is 104 cm³/mol. The molecule has 25 heavy (non-hydrogen) atoms. The number of pyridine rings is 1. The van der Waals surface area contributed by atoms with Crippen LogP contribution in [0.4, 0.5) is 5.69 Å². The van der Waals surface area contributed by atoms with Gasteiger partial charge in [0.05, 0.1) is 11.2 Å². The number of aryl methyl sites for hydroxylation is 1. The van der Waals surface area contributed by atoms with Crippen molar-refractivity contribution in [2.24, 2.45) is 5.92 Å². The largest absolute Gasteiger partial charge is 0.340 e. The summed E-state index contributed by atoms with van der Waals surface area (Å²) in [4.78, 5) is 7.47. The molecule has 2 aromatic carbocycles. The van der Waals surface area contributed by atoms with Gasteiger partial charge in [-0.1, -0.05) is 36.2 Å². The van der Waals surface area contributed by atoms with Crippen molar-refractivity contribution >= 4 is 22.7 Å². The van der Waals surface area contributed by atoms with E-state index in [1.54, 1.807) is 0 Å². The zero-order chi connectivity index (χ0) is 16.8. The normalized spacial score (nSPS) is 17.2. The van der Waals surface area contributed by atoms with E-state index in [0.717, 1.165) is 17.8 Å². The number of fused-ring (bicyclic) bond motifs is 2. The quantitative estimate of drug-likeness (QED) is 0.600. The smallest absolute Gasteiger partial charge is 0.0709 e. The minimum Gasteiger partial charge on any atom is -0.340 e. The van der Waals surface area contributed by atoms with E-state index in [0.29, 0.717) is 5.92 Å². The van der Waals surface area contributed by atoms with Crippen LogP contribution in [0, 0.1) is 12.8 Å².